The SMILES string of the molecule is CC(Oc1ccc2c(c1)CC[C@H]2N)C(=O)NC1CCCC1. The number of hydrogen-bond acceptors (Lipinski definition) is 3. The van der Waals surface area contributed by atoms with Gasteiger partial charge in [-0.15, -0.1) is 0 Å². The number of amides is 1. The largest absolute Gasteiger partial charge is 0.481 e. The summed E-state index contributed by atoms with van der Waals surface area (Å²) in [5, 5.41) is 3.07. The van der Waals surface area contributed by atoms with E-state index < -0.39 is 6.10 Å². The minimum absolute atomic E-state index is 0.0147. The molecule has 2 atom stereocenters. The molecule has 2 aliphatic carbocycles. The van der Waals surface area contributed by atoms with Gasteiger partial charge in [0.05, 0.1) is 0 Å². The zero-order chi connectivity index (χ0) is 14.8. The summed E-state index contributed by atoms with van der Waals surface area (Å²) < 4.78 is 5.79. The average Bonchev–Trinajstić information content (AvgIpc) is 3.09. The van der Waals surface area contributed by atoms with Crippen molar-refractivity contribution in [3.05, 3.63) is 29.3 Å². The molecule has 114 valence electrons. The summed E-state index contributed by atoms with van der Waals surface area (Å²) in [4.78, 5) is 12.1. The fraction of sp³-hybridized carbons (Fsp3) is 0.588. The van der Waals surface area contributed by atoms with Crippen LogP contribution < -0.4 is 15.8 Å². The molecule has 1 unspecified atom stereocenters. The van der Waals surface area contributed by atoms with Crippen LogP contribution >= 0.6 is 0 Å². The van der Waals surface area contributed by atoms with E-state index in [1.807, 2.05) is 25.1 Å². The van der Waals surface area contributed by atoms with Crippen LogP contribution in [0.25, 0.3) is 0 Å². The van der Waals surface area contributed by atoms with Crippen LogP contribution in [0.15, 0.2) is 18.2 Å². The molecule has 0 aliphatic heterocycles. The van der Waals surface area contributed by atoms with E-state index in [0.717, 1.165) is 31.4 Å². The van der Waals surface area contributed by atoms with Crippen molar-refractivity contribution in [2.24, 2.45) is 5.73 Å². The maximum atomic E-state index is 12.1. The predicted octanol–water partition coefficient (Wildman–Crippen LogP) is 2.46. The Kier molecular flexibility index (Phi) is 4.15. The molecule has 0 radical (unpaired) electrons. The number of hydrogen-bond donors (Lipinski definition) is 2. The molecule has 1 fully saturated rings. The fourth-order valence-electron chi connectivity index (χ4n) is 3.35. The van der Waals surface area contributed by atoms with Crippen LogP contribution in [0.3, 0.4) is 0 Å². The molecule has 1 amide bonds. The van der Waals surface area contributed by atoms with Gasteiger partial charge in [0, 0.05) is 12.1 Å². The molecule has 3 rings (SSSR count). The second kappa shape index (κ2) is 6.06. The molecule has 4 nitrogen and oxygen atoms in total. The molecule has 0 bridgehead atoms. The summed E-state index contributed by atoms with van der Waals surface area (Å²) in [7, 11) is 0. The number of fused-ring (bicyclic) bond motifs is 1. The van der Waals surface area contributed by atoms with Gasteiger partial charge in [0.1, 0.15) is 5.75 Å². The molecule has 0 aromatic heterocycles. The number of carbonyl (C=O) groups excluding carboxylic acids is 1. The van der Waals surface area contributed by atoms with Gasteiger partial charge in [-0.2, -0.15) is 0 Å². The number of benzene rings is 1. The standard InChI is InChI=1S/C17H24N2O2/c1-11(17(20)19-13-4-2-3-5-13)21-14-7-8-15-12(10-14)6-9-16(15)18/h7-8,10-11,13,16H,2-6,9,18H2,1H3,(H,19,20)/t11?,16-/m1/s1. The quantitative estimate of drug-likeness (QED) is 0.894. The van der Waals surface area contributed by atoms with E-state index in [-0.39, 0.29) is 11.9 Å². The van der Waals surface area contributed by atoms with Crippen LogP contribution in [0.4, 0.5) is 0 Å². The van der Waals surface area contributed by atoms with Gasteiger partial charge in [-0.1, -0.05) is 18.9 Å². The van der Waals surface area contributed by atoms with Crippen LogP contribution in [0.1, 0.15) is 56.2 Å². The molecule has 0 spiro atoms. The van der Waals surface area contributed by atoms with Gasteiger partial charge >= 0.3 is 0 Å². The van der Waals surface area contributed by atoms with Gasteiger partial charge in [0.2, 0.25) is 0 Å². The lowest BCUT2D eigenvalue weighted by atomic mass is 10.1. The van der Waals surface area contributed by atoms with Gasteiger partial charge in [-0.05, 0) is 55.9 Å². The van der Waals surface area contributed by atoms with E-state index in [9.17, 15) is 4.79 Å². The predicted molar refractivity (Wildman–Crippen MR) is 82.2 cm³/mol. The molecule has 2 aliphatic rings. The molecule has 4 heteroatoms. The summed E-state index contributed by atoms with van der Waals surface area (Å²) in [6, 6.07) is 6.47. The Morgan fingerprint density at radius 2 is 2.10 bits per heavy atom. The Balaban J connectivity index is 1.59. The van der Waals surface area contributed by atoms with Crippen LogP contribution in [-0.4, -0.2) is 18.1 Å². The van der Waals surface area contributed by atoms with Crippen LogP contribution in [0.2, 0.25) is 0 Å². The average molecular weight is 288 g/mol. The zero-order valence-corrected chi connectivity index (χ0v) is 12.6. The molecule has 0 saturated heterocycles. The van der Waals surface area contributed by atoms with E-state index in [1.165, 1.54) is 24.0 Å². The first-order valence-corrected chi connectivity index (χ1v) is 7.99. The number of ether oxygens (including phenoxy) is 1. The molecule has 21 heavy (non-hydrogen) atoms. The number of rotatable bonds is 4. The number of nitrogens with one attached hydrogen (secondary N) is 1. The third-order valence-electron chi connectivity index (χ3n) is 4.62. The minimum Gasteiger partial charge on any atom is -0.481 e. The molecule has 1 aromatic rings. The third-order valence-corrected chi connectivity index (χ3v) is 4.62. The summed E-state index contributed by atoms with van der Waals surface area (Å²) >= 11 is 0. The van der Waals surface area contributed by atoms with Gasteiger partial charge in [0.15, 0.2) is 6.10 Å². The Morgan fingerprint density at radius 3 is 2.86 bits per heavy atom. The summed E-state index contributed by atoms with van der Waals surface area (Å²) in [5.41, 5.74) is 8.50. The Labute approximate surface area is 126 Å². The summed E-state index contributed by atoms with van der Waals surface area (Å²) in [6.07, 6.45) is 6.15. The Bertz CT molecular complexity index is 524. The highest BCUT2D eigenvalue weighted by Gasteiger charge is 2.23. The molecule has 0 heterocycles. The van der Waals surface area contributed by atoms with E-state index >= 15 is 0 Å². The lowest BCUT2D eigenvalue weighted by Crippen LogP contribution is -2.41. The molecular formula is C17H24N2O2. The fourth-order valence-corrected chi connectivity index (χ4v) is 3.35. The Morgan fingerprint density at radius 1 is 1.33 bits per heavy atom. The normalized spacial score (nSPS) is 22.9. The van der Waals surface area contributed by atoms with Crippen molar-refractivity contribution in [2.45, 2.75) is 63.6 Å². The smallest absolute Gasteiger partial charge is 0.260 e. The highest BCUT2D eigenvalue weighted by atomic mass is 16.5. The molecule has 1 aromatic carbocycles. The van der Waals surface area contributed by atoms with Gasteiger partial charge in [-0.3, -0.25) is 4.79 Å². The van der Waals surface area contributed by atoms with Crippen molar-refractivity contribution in [3.63, 3.8) is 0 Å². The van der Waals surface area contributed by atoms with Crippen LogP contribution in [-0.2, 0) is 11.2 Å². The van der Waals surface area contributed by atoms with Crippen molar-refractivity contribution in [1.29, 1.82) is 0 Å². The third kappa shape index (κ3) is 3.21. The first kappa shape index (κ1) is 14.4. The van der Waals surface area contributed by atoms with Gasteiger partial charge < -0.3 is 15.8 Å². The van der Waals surface area contributed by atoms with Crippen molar-refractivity contribution in [1.82, 2.24) is 5.32 Å². The van der Waals surface area contributed by atoms with Crippen LogP contribution in [0.5, 0.6) is 5.75 Å². The van der Waals surface area contributed by atoms with Crippen molar-refractivity contribution >= 4 is 5.91 Å². The lowest BCUT2D eigenvalue weighted by molar-refractivity contribution is -0.127. The van der Waals surface area contributed by atoms with Crippen molar-refractivity contribution in [2.75, 3.05) is 0 Å². The maximum absolute atomic E-state index is 12.1. The zero-order valence-electron chi connectivity index (χ0n) is 12.6. The van der Waals surface area contributed by atoms with E-state index in [2.05, 4.69) is 5.32 Å². The topological polar surface area (TPSA) is 64.3 Å². The highest BCUT2D eigenvalue weighted by molar-refractivity contribution is 5.81. The number of nitrogens with two attached hydrogens (primary N) is 1. The first-order chi connectivity index (χ1) is 10.1. The van der Waals surface area contributed by atoms with E-state index in [1.54, 1.807) is 0 Å². The molecule has 1 saturated carbocycles. The van der Waals surface area contributed by atoms with Gasteiger partial charge in [0.25, 0.3) is 5.91 Å². The Hall–Kier alpha value is -1.55. The second-order valence-corrected chi connectivity index (χ2v) is 6.26. The lowest BCUT2D eigenvalue weighted by Gasteiger charge is -2.18. The van der Waals surface area contributed by atoms with Crippen LogP contribution in [0, 0.1) is 0 Å². The highest BCUT2D eigenvalue weighted by Crippen LogP contribution is 2.32. The number of aryl methyl sites for hydroxylation is 1. The summed E-state index contributed by atoms with van der Waals surface area (Å²) in [6.45, 7) is 1.81. The minimum atomic E-state index is -0.460. The van der Waals surface area contributed by atoms with E-state index in [4.69, 9.17) is 10.5 Å². The van der Waals surface area contributed by atoms with E-state index in [0.29, 0.717) is 6.04 Å². The molecule has 3 N–H and O–H groups in total. The monoisotopic (exact) mass is 288 g/mol. The van der Waals surface area contributed by atoms with Crippen molar-refractivity contribution in [3.8, 4) is 5.75 Å². The number of carbonyl (C=O) groups is 1. The van der Waals surface area contributed by atoms with Gasteiger partial charge in [-0.25, -0.2) is 0 Å². The summed E-state index contributed by atoms with van der Waals surface area (Å²) in [5.74, 6) is 0.746. The first-order valence-electron chi connectivity index (χ1n) is 7.99. The maximum Gasteiger partial charge on any atom is 0.260 e. The molecular weight excluding hydrogens is 264 g/mol. The van der Waals surface area contributed by atoms with Crippen molar-refractivity contribution < 1.29 is 9.53 Å². The second-order valence-electron chi connectivity index (χ2n) is 6.26.